The van der Waals surface area contributed by atoms with Crippen LogP contribution in [0.4, 0.5) is 11.4 Å². The fourth-order valence-corrected chi connectivity index (χ4v) is 2.31. The third-order valence-electron chi connectivity index (χ3n) is 2.75. The van der Waals surface area contributed by atoms with E-state index in [1.807, 2.05) is 17.3 Å². The summed E-state index contributed by atoms with van der Waals surface area (Å²) >= 11 is 1.52. The molecule has 1 N–H and O–H groups in total. The summed E-state index contributed by atoms with van der Waals surface area (Å²) in [4.78, 5) is 16.4. The largest absolute Gasteiger partial charge is 0.391 e. The van der Waals surface area contributed by atoms with Gasteiger partial charge < -0.3 is 10.0 Å². The van der Waals surface area contributed by atoms with Gasteiger partial charge in [0.05, 0.1) is 34.8 Å². The van der Waals surface area contributed by atoms with Gasteiger partial charge in [0.15, 0.2) is 0 Å². The lowest BCUT2D eigenvalue weighted by atomic mass is 10.1. The highest BCUT2D eigenvalue weighted by atomic mass is 32.1. The number of hydrogen-bond donors (Lipinski definition) is 1. The molecule has 0 spiro atoms. The lowest BCUT2D eigenvalue weighted by Gasteiger charge is -2.18. The summed E-state index contributed by atoms with van der Waals surface area (Å²) in [7, 11) is 1.88. The third-order valence-corrected chi connectivity index (χ3v) is 3.39. The van der Waals surface area contributed by atoms with Crippen molar-refractivity contribution in [1.82, 2.24) is 4.98 Å². The van der Waals surface area contributed by atoms with Crippen LogP contribution in [0.25, 0.3) is 0 Å². The monoisotopic (exact) mass is 279 g/mol. The van der Waals surface area contributed by atoms with Gasteiger partial charge in [0.25, 0.3) is 5.69 Å². The average Bonchev–Trinajstić information content (AvgIpc) is 2.90. The quantitative estimate of drug-likeness (QED) is 0.670. The number of aromatic nitrogens is 1. The molecular weight excluding hydrogens is 266 g/mol. The maximum absolute atomic E-state index is 10.8. The molecule has 19 heavy (non-hydrogen) atoms. The molecule has 1 aromatic carbocycles. The molecule has 1 aromatic heterocycles. The molecule has 0 bridgehead atoms. The van der Waals surface area contributed by atoms with Crippen molar-refractivity contribution in [3.63, 3.8) is 0 Å². The molecule has 100 valence electrons. The highest BCUT2D eigenvalue weighted by Gasteiger charge is 2.14. The Morgan fingerprint density at radius 3 is 2.89 bits per heavy atom. The maximum atomic E-state index is 10.8. The molecule has 2 rings (SSSR count). The van der Waals surface area contributed by atoms with Crippen molar-refractivity contribution < 1.29 is 10.0 Å². The molecule has 0 saturated heterocycles. The highest BCUT2D eigenvalue weighted by Crippen LogP contribution is 2.25. The van der Waals surface area contributed by atoms with Gasteiger partial charge in [-0.3, -0.25) is 10.1 Å². The van der Waals surface area contributed by atoms with Crippen LogP contribution in [0.1, 0.15) is 11.3 Å². The molecule has 2 aromatic rings. The number of thiazole rings is 1. The van der Waals surface area contributed by atoms with Crippen molar-refractivity contribution in [3.8, 4) is 0 Å². The number of nitro benzene ring substituents is 1. The smallest absolute Gasteiger partial charge is 0.275 e. The van der Waals surface area contributed by atoms with E-state index in [1.54, 1.807) is 17.6 Å². The number of rotatable bonds is 5. The molecule has 0 aliphatic carbocycles. The van der Waals surface area contributed by atoms with Crippen molar-refractivity contribution in [2.24, 2.45) is 0 Å². The van der Waals surface area contributed by atoms with Crippen molar-refractivity contribution >= 4 is 22.7 Å². The standard InChI is InChI=1S/C12H13N3O3S/c1-14(5-10-7-19-8-13-10)11-2-3-12(15(17)18)9(4-11)6-16/h2-4,7-8,16H,5-6H2,1H3. The van der Waals surface area contributed by atoms with Crippen LogP contribution in [0.3, 0.4) is 0 Å². The van der Waals surface area contributed by atoms with E-state index in [0.717, 1.165) is 11.4 Å². The first-order chi connectivity index (χ1) is 9.11. The second-order valence-corrected chi connectivity index (χ2v) is 4.78. The van der Waals surface area contributed by atoms with E-state index in [1.165, 1.54) is 17.4 Å². The number of nitro groups is 1. The molecule has 0 atom stereocenters. The first-order valence-corrected chi connectivity index (χ1v) is 6.52. The molecule has 0 radical (unpaired) electrons. The Labute approximate surface area is 114 Å². The van der Waals surface area contributed by atoms with Crippen LogP contribution in [-0.4, -0.2) is 22.1 Å². The van der Waals surface area contributed by atoms with Crippen molar-refractivity contribution in [2.75, 3.05) is 11.9 Å². The minimum Gasteiger partial charge on any atom is -0.391 e. The van der Waals surface area contributed by atoms with Crippen LogP contribution in [0.15, 0.2) is 29.1 Å². The van der Waals surface area contributed by atoms with E-state index in [9.17, 15) is 15.2 Å². The summed E-state index contributed by atoms with van der Waals surface area (Å²) in [5.74, 6) is 0. The van der Waals surface area contributed by atoms with Gasteiger partial charge in [0.1, 0.15) is 0 Å². The summed E-state index contributed by atoms with van der Waals surface area (Å²) in [5, 5.41) is 21.9. The van der Waals surface area contributed by atoms with Gasteiger partial charge in [-0.1, -0.05) is 0 Å². The third kappa shape index (κ3) is 3.07. The van der Waals surface area contributed by atoms with Crippen molar-refractivity contribution in [1.29, 1.82) is 0 Å². The Hall–Kier alpha value is -1.99. The Kier molecular flexibility index (Phi) is 4.08. The van der Waals surface area contributed by atoms with Gasteiger partial charge in [-0.25, -0.2) is 4.98 Å². The van der Waals surface area contributed by atoms with Gasteiger partial charge in [0.2, 0.25) is 0 Å². The molecule has 0 unspecified atom stereocenters. The van der Waals surface area contributed by atoms with Gasteiger partial charge in [-0.15, -0.1) is 11.3 Å². The van der Waals surface area contributed by atoms with E-state index in [0.29, 0.717) is 12.1 Å². The van der Waals surface area contributed by atoms with Crippen LogP contribution >= 0.6 is 11.3 Å². The van der Waals surface area contributed by atoms with Crippen LogP contribution in [0, 0.1) is 10.1 Å². The fourth-order valence-electron chi connectivity index (χ4n) is 1.76. The molecule has 1 heterocycles. The van der Waals surface area contributed by atoms with Crippen LogP contribution < -0.4 is 4.90 Å². The van der Waals surface area contributed by atoms with Crippen molar-refractivity contribution in [3.05, 3.63) is 50.5 Å². The van der Waals surface area contributed by atoms with Crippen LogP contribution in [0.5, 0.6) is 0 Å². The molecule has 0 saturated carbocycles. The average molecular weight is 279 g/mol. The highest BCUT2D eigenvalue weighted by molar-refractivity contribution is 7.07. The molecule has 0 aliphatic rings. The number of anilines is 1. The van der Waals surface area contributed by atoms with Gasteiger partial charge in [0, 0.05) is 24.2 Å². The summed E-state index contributed by atoms with van der Waals surface area (Å²) in [5.41, 5.74) is 3.76. The molecule has 0 amide bonds. The van der Waals surface area contributed by atoms with Crippen LogP contribution in [-0.2, 0) is 13.2 Å². The summed E-state index contributed by atoms with van der Waals surface area (Å²) in [6.07, 6.45) is 0. The predicted molar refractivity (Wildman–Crippen MR) is 73.2 cm³/mol. The zero-order chi connectivity index (χ0) is 13.8. The number of hydrogen-bond acceptors (Lipinski definition) is 6. The first-order valence-electron chi connectivity index (χ1n) is 5.58. The predicted octanol–water partition coefficient (Wildman–Crippen LogP) is 2.18. The molecule has 0 fully saturated rings. The number of benzene rings is 1. The topological polar surface area (TPSA) is 79.5 Å². The van der Waals surface area contributed by atoms with E-state index in [2.05, 4.69) is 4.98 Å². The van der Waals surface area contributed by atoms with Gasteiger partial charge >= 0.3 is 0 Å². The Morgan fingerprint density at radius 1 is 1.53 bits per heavy atom. The Balaban J connectivity index is 2.23. The molecule has 7 heteroatoms. The van der Waals surface area contributed by atoms with Gasteiger partial charge in [-0.2, -0.15) is 0 Å². The Bertz CT molecular complexity index is 572. The number of aliphatic hydroxyl groups is 1. The van der Waals surface area contributed by atoms with E-state index >= 15 is 0 Å². The summed E-state index contributed by atoms with van der Waals surface area (Å²) < 4.78 is 0. The normalized spacial score (nSPS) is 10.4. The lowest BCUT2D eigenvalue weighted by molar-refractivity contribution is -0.385. The second-order valence-electron chi connectivity index (χ2n) is 4.06. The van der Waals surface area contributed by atoms with Crippen molar-refractivity contribution in [2.45, 2.75) is 13.2 Å². The Morgan fingerprint density at radius 2 is 2.32 bits per heavy atom. The summed E-state index contributed by atoms with van der Waals surface area (Å²) in [6.45, 7) is 0.265. The SMILES string of the molecule is CN(Cc1cscn1)c1ccc([N+](=O)[O-])c(CO)c1. The second kappa shape index (κ2) is 5.77. The van der Waals surface area contributed by atoms with E-state index < -0.39 is 4.92 Å². The molecule has 6 nitrogen and oxygen atoms in total. The maximum Gasteiger partial charge on any atom is 0.275 e. The number of aliphatic hydroxyl groups excluding tert-OH is 1. The number of nitrogens with zero attached hydrogens (tertiary/aromatic N) is 3. The van der Waals surface area contributed by atoms with Crippen LogP contribution in [0.2, 0.25) is 0 Å². The van der Waals surface area contributed by atoms with Gasteiger partial charge in [-0.05, 0) is 12.1 Å². The molecule has 0 aliphatic heterocycles. The first kappa shape index (κ1) is 13.4. The summed E-state index contributed by atoms with van der Waals surface area (Å²) in [6, 6.07) is 4.71. The van der Waals surface area contributed by atoms with E-state index in [4.69, 9.17) is 0 Å². The zero-order valence-corrected chi connectivity index (χ0v) is 11.1. The molecular formula is C12H13N3O3S. The van der Waals surface area contributed by atoms with E-state index in [-0.39, 0.29) is 12.3 Å². The fraction of sp³-hybridized carbons (Fsp3) is 0.250. The minimum atomic E-state index is -0.490. The zero-order valence-electron chi connectivity index (χ0n) is 10.3. The lowest BCUT2D eigenvalue weighted by Crippen LogP contribution is -2.16. The minimum absolute atomic E-state index is 0.0618.